The van der Waals surface area contributed by atoms with E-state index in [1.807, 2.05) is 32.0 Å². The van der Waals surface area contributed by atoms with Crippen LogP contribution in [-0.4, -0.2) is 36.8 Å². The van der Waals surface area contributed by atoms with Crippen molar-refractivity contribution in [3.05, 3.63) is 71.6 Å². The Kier molecular flexibility index (Phi) is 7.47. The van der Waals surface area contributed by atoms with Crippen LogP contribution in [0.3, 0.4) is 0 Å². The number of rotatable bonds is 9. The van der Waals surface area contributed by atoms with Crippen LogP contribution in [-0.2, 0) is 15.8 Å². The molecule has 1 atom stereocenters. The number of nitrogens with one attached hydrogen (secondary N) is 2. The zero-order chi connectivity index (χ0) is 24.9. The number of aromatic nitrogens is 3. The van der Waals surface area contributed by atoms with E-state index < -0.39 is 22.8 Å². The molecule has 1 unspecified atom stereocenters. The molecule has 0 saturated carbocycles. The predicted molar refractivity (Wildman–Crippen MR) is 135 cm³/mol. The van der Waals surface area contributed by atoms with Gasteiger partial charge < -0.3 is 15.1 Å². The van der Waals surface area contributed by atoms with E-state index >= 15 is 0 Å². The Bertz CT molecular complexity index is 1390. The van der Waals surface area contributed by atoms with Gasteiger partial charge in [-0.1, -0.05) is 32.0 Å². The predicted octanol–water partition coefficient (Wildman–Crippen LogP) is 5.16. The summed E-state index contributed by atoms with van der Waals surface area (Å²) in [4.78, 5) is 25.4. The number of aliphatic carboxylic acids is 1. The van der Waals surface area contributed by atoms with Crippen molar-refractivity contribution in [1.29, 1.82) is 0 Å². The highest BCUT2D eigenvalue weighted by Crippen LogP contribution is 2.39. The Balaban J connectivity index is 1.68. The average molecular weight is 512 g/mol. The summed E-state index contributed by atoms with van der Waals surface area (Å²) in [5, 5.41) is 12.5. The Morgan fingerprint density at radius 3 is 2.69 bits per heavy atom. The lowest BCUT2D eigenvalue weighted by molar-refractivity contribution is -0.134. The fourth-order valence-corrected chi connectivity index (χ4v) is 5.10. The van der Waals surface area contributed by atoms with E-state index in [0.717, 1.165) is 15.4 Å². The van der Waals surface area contributed by atoms with Gasteiger partial charge in [-0.15, -0.1) is 11.3 Å². The van der Waals surface area contributed by atoms with Gasteiger partial charge in [0.1, 0.15) is 23.3 Å². The Hall–Kier alpha value is -3.70. The van der Waals surface area contributed by atoms with Crippen LogP contribution < -0.4 is 10.0 Å². The van der Waals surface area contributed by atoms with Crippen molar-refractivity contribution in [1.82, 2.24) is 15.0 Å². The maximum absolute atomic E-state index is 13.5. The van der Waals surface area contributed by atoms with Gasteiger partial charge in [0.25, 0.3) is 0 Å². The molecule has 0 bridgehead atoms. The summed E-state index contributed by atoms with van der Waals surface area (Å²) in [5.74, 6) is -1.08. The second-order valence-corrected chi connectivity index (χ2v) is 10.0. The van der Waals surface area contributed by atoms with Crippen molar-refractivity contribution in [2.45, 2.75) is 24.7 Å². The molecule has 0 aliphatic heterocycles. The number of carboxylic acid groups (broad SMARTS) is 1. The van der Waals surface area contributed by atoms with Crippen molar-refractivity contribution in [3.8, 4) is 21.8 Å². The summed E-state index contributed by atoms with van der Waals surface area (Å²) in [7, 11) is -1.65. The van der Waals surface area contributed by atoms with Gasteiger partial charge in [0.2, 0.25) is 5.95 Å². The van der Waals surface area contributed by atoms with Crippen LogP contribution in [0.1, 0.15) is 24.8 Å². The number of thiazole rings is 1. The highest BCUT2D eigenvalue weighted by molar-refractivity contribution is 7.86. The molecule has 8 nitrogen and oxygen atoms in total. The lowest BCUT2D eigenvalue weighted by atomic mass is 10.1. The number of hydrogen-bond donors (Lipinski definition) is 3. The van der Waals surface area contributed by atoms with Crippen LogP contribution in [0, 0.1) is 5.82 Å². The lowest BCUT2D eigenvalue weighted by Gasteiger charge is -2.09. The van der Waals surface area contributed by atoms with Gasteiger partial charge in [-0.05, 0) is 36.4 Å². The molecule has 4 aromatic rings. The van der Waals surface area contributed by atoms with E-state index in [-0.39, 0.29) is 18.4 Å². The summed E-state index contributed by atoms with van der Waals surface area (Å²) in [5.41, 5.74) is 2.67. The Labute approximate surface area is 207 Å². The third-order valence-electron chi connectivity index (χ3n) is 4.78. The van der Waals surface area contributed by atoms with Gasteiger partial charge in [-0.25, -0.2) is 23.6 Å². The van der Waals surface area contributed by atoms with Gasteiger partial charge in [0, 0.05) is 23.4 Å². The molecule has 0 fully saturated rings. The summed E-state index contributed by atoms with van der Waals surface area (Å²) in [6.07, 6.45) is 1.56. The number of hydrogen-bond acceptors (Lipinski definition) is 7. The quantitative estimate of drug-likeness (QED) is 0.284. The minimum Gasteiger partial charge on any atom is -0.480 e. The first-order valence-corrected chi connectivity index (χ1v) is 12.6. The molecule has 2 heterocycles. The minimum absolute atomic E-state index is 0.181. The van der Waals surface area contributed by atoms with E-state index in [1.165, 1.54) is 29.5 Å². The molecule has 0 radical (unpaired) electrons. The highest BCUT2D eigenvalue weighted by Gasteiger charge is 2.19. The maximum Gasteiger partial charge on any atom is 0.322 e. The van der Waals surface area contributed by atoms with Gasteiger partial charge in [-0.2, -0.15) is 0 Å². The molecule has 35 heavy (non-hydrogen) atoms. The normalized spacial score (nSPS) is 11.9. The molecule has 4 rings (SSSR count). The zero-order valence-corrected chi connectivity index (χ0v) is 20.5. The molecule has 0 aliphatic rings. The average Bonchev–Trinajstić information content (AvgIpc) is 3.29. The molecule has 11 heteroatoms. The molecule has 0 spiro atoms. The van der Waals surface area contributed by atoms with Crippen molar-refractivity contribution < 1.29 is 18.5 Å². The third-order valence-corrected chi connectivity index (χ3v) is 7.26. The first-order valence-electron chi connectivity index (χ1n) is 10.6. The minimum atomic E-state index is -1.65. The lowest BCUT2D eigenvalue weighted by Crippen LogP contribution is -2.14. The van der Waals surface area contributed by atoms with E-state index in [2.05, 4.69) is 20.0 Å². The van der Waals surface area contributed by atoms with Crippen LogP contribution in [0.2, 0.25) is 0 Å². The smallest absolute Gasteiger partial charge is 0.322 e. The summed E-state index contributed by atoms with van der Waals surface area (Å²) < 4.78 is 29.1. The molecule has 0 saturated heterocycles. The van der Waals surface area contributed by atoms with Crippen molar-refractivity contribution in [2.24, 2.45) is 0 Å². The molecular formula is C24H22FN5O3S2. The second kappa shape index (κ2) is 10.7. The Morgan fingerprint density at radius 2 is 1.94 bits per heavy atom. The summed E-state index contributed by atoms with van der Waals surface area (Å²) in [6.45, 7) is 3.80. The van der Waals surface area contributed by atoms with E-state index in [4.69, 9.17) is 10.1 Å². The molecule has 0 aliphatic carbocycles. The van der Waals surface area contributed by atoms with Crippen molar-refractivity contribution >= 4 is 39.9 Å². The number of nitrogens with zero attached hydrogens (tertiary/aromatic N) is 3. The molecule has 180 valence electrons. The fraction of sp³-hybridized carbons (Fsp3) is 0.167. The second-order valence-electron chi connectivity index (χ2n) is 7.81. The fourth-order valence-electron chi connectivity index (χ4n) is 3.16. The van der Waals surface area contributed by atoms with E-state index in [1.54, 1.807) is 24.4 Å². The van der Waals surface area contributed by atoms with Crippen molar-refractivity contribution in [2.75, 3.05) is 16.6 Å². The number of benzene rings is 2. The number of halogens is 1. The SMILES string of the molecule is CC(C)c1nc(-c2cccc(NS(=O)c3cccc(F)c3)c2)c(-c2ccnc(NCC(=O)O)n2)s1. The van der Waals surface area contributed by atoms with Crippen LogP contribution in [0.25, 0.3) is 21.8 Å². The van der Waals surface area contributed by atoms with Gasteiger partial charge in [0.15, 0.2) is 0 Å². The van der Waals surface area contributed by atoms with Crippen LogP contribution >= 0.6 is 11.3 Å². The largest absolute Gasteiger partial charge is 0.480 e. The van der Waals surface area contributed by atoms with E-state index in [0.29, 0.717) is 22.0 Å². The topological polar surface area (TPSA) is 117 Å². The van der Waals surface area contributed by atoms with E-state index in [9.17, 15) is 13.4 Å². The maximum atomic E-state index is 13.5. The first-order chi connectivity index (χ1) is 16.8. The zero-order valence-electron chi connectivity index (χ0n) is 18.9. The number of carboxylic acids is 1. The molecule has 2 aromatic carbocycles. The van der Waals surface area contributed by atoms with Crippen molar-refractivity contribution in [3.63, 3.8) is 0 Å². The molecule has 3 N–H and O–H groups in total. The molecular weight excluding hydrogens is 489 g/mol. The van der Waals surface area contributed by atoms with Crippen LogP contribution in [0.4, 0.5) is 16.0 Å². The summed E-state index contributed by atoms with van der Waals surface area (Å²) in [6, 6.07) is 14.7. The Morgan fingerprint density at radius 1 is 1.14 bits per heavy atom. The standard InChI is InChI=1S/C24H22FN5O3S2/c1-14(2)23-29-21(22(34-23)19-9-10-26-24(28-19)27-13-20(31)32)15-5-3-7-17(11-15)30-35(33)18-8-4-6-16(25)12-18/h3-12,14,30H,13H2,1-2H3,(H,31,32)(H,26,27,28). The van der Waals surface area contributed by atoms with Crippen LogP contribution in [0.5, 0.6) is 0 Å². The molecule has 2 aromatic heterocycles. The summed E-state index contributed by atoms with van der Waals surface area (Å²) >= 11 is 1.50. The van der Waals surface area contributed by atoms with Gasteiger partial charge in [-0.3, -0.25) is 4.79 Å². The van der Waals surface area contributed by atoms with Crippen LogP contribution in [0.15, 0.2) is 65.7 Å². The number of carbonyl (C=O) groups is 1. The van der Waals surface area contributed by atoms with Gasteiger partial charge >= 0.3 is 5.97 Å². The molecule has 0 amide bonds. The number of anilines is 2. The highest BCUT2D eigenvalue weighted by atomic mass is 32.2. The monoisotopic (exact) mass is 511 g/mol. The first kappa shape index (κ1) is 24.4. The third kappa shape index (κ3) is 6.06. The van der Waals surface area contributed by atoms with Gasteiger partial charge in [0.05, 0.1) is 26.2 Å².